The quantitative estimate of drug-likeness (QED) is 0.851. The molecule has 0 atom stereocenters. The molecule has 2 rings (SSSR count). The molecule has 0 radical (unpaired) electrons. The van der Waals surface area contributed by atoms with Crippen LogP contribution in [0.4, 0.5) is 0 Å². The molecule has 0 unspecified atom stereocenters. The smallest absolute Gasteiger partial charge is 0.160 e. The molecule has 0 spiro atoms. The zero-order valence-corrected chi connectivity index (χ0v) is 11.8. The molecule has 3 nitrogen and oxygen atoms in total. The van der Waals surface area contributed by atoms with Gasteiger partial charge in [-0.05, 0) is 25.5 Å². The number of aromatic nitrogens is 2. The first-order valence-corrected chi connectivity index (χ1v) is 6.48. The average Bonchev–Trinajstić information content (AvgIpc) is 2.38. The van der Waals surface area contributed by atoms with Crippen LogP contribution >= 0.6 is 15.9 Å². The van der Waals surface area contributed by atoms with E-state index in [0.717, 1.165) is 27.7 Å². The minimum atomic E-state index is 0.475. The molecule has 90 valence electrons. The Hall–Kier alpha value is -1.73. The summed E-state index contributed by atoms with van der Waals surface area (Å²) < 4.78 is 1.01. The molecule has 0 saturated carbocycles. The SMILES string of the molecule is CCc1c(C)nc(-c2ccc(Br)cc2)nc1C#N. The zero-order valence-electron chi connectivity index (χ0n) is 10.2. The number of benzene rings is 1. The Balaban J connectivity index is 2.57. The van der Waals surface area contributed by atoms with Crippen molar-refractivity contribution in [3.05, 3.63) is 45.7 Å². The van der Waals surface area contributed by atoms with Gasteiger partial charge in [-0.15, -0.1) is 0 Å². The number of hydrogen-bond donors (Lipinski definition) is 0. The summed E-state index contributed by atoms with van der Waals surface area (Å²) in [7, 11) is 0. The van der Waals surface area contributed by atoms with Gasteiger partial charge in [0.15, 0.2) is 5.82 Å². The first-order valence-electron chi connectivity index (χ1n) is 5.69. The zero-order chi connectivity index (χ0) is 13.1. The van der Waals surface area contributed by atoms with E-state index in [0.29, 0.717) is 11.5 Å². The number of aryl methyl sites for hydroxylation is 1. The number of rotatable bonds is 2. The van der Waals surface area contributed by atoms with Crippen molar-refractivity contribution >= 4 is 15.9 Å². The molecule has 0 N–H and O–H groups in total. The van der Waals surface area contributed by atoms with E-state index in [1.165, 1.54) is 0 Å². The molecule has 0 aliphatic rings. The van der Waals surface area contributed by atoms with Gasteiger partial charge < -0.3 is 0 Å². The maximum absolute atomic E-state index is 9.14. The topological polar surface area (TPSA) is 49.6 Å². The van der Waals surface area contributed by atoms with Crippen LogP contribution in [0, 0.1) is 18.3 Å². The molecule has 0 aliphatic heterocycles. The predicted octanol–water partition coefficient (Wildman–Crippen LogP) is 3.65. The molecule has 0 amide bonds. The fourth-order valence-corrected chi connectivity index (χ4v) is 2.10. The van der Waals surface area contributed by atoms with Crippen LogP contribution < -0.4 is 0 Å². The summed E-state index contributed by atoms with van der Waals surface area (Å²) in [4.78, 5) is 8.81. The number of nitriles is 1. The van der Waals surface area contributed by atoms with Crippen molar-refractivity contribution in [3.8, 4) is 17.5 Å². The van der Waals surface area contributed by atoms with Crippen LogP contribution in [0.2, 0.25) is 0 Å². The van der Waals surface area contributed by atoms with Crippen molar-refractivity contribution in [2.75, 3.05) is 0 Å². The van der Waals surface area contributed by atoms with Crippen molar-refractivity contribution < 1.29 is 0 Å². The van der Waals surface area contributed by atoms with Crippen LogP contribution in [-0.4, -0.2) is 9.97 Å². The fraction of sp³-hybridized carbons (Fsp3) is 0.214. The maximum Gasteiger partial charge on any atom is 0.160 e. The van der Waals surface area contributed by atoms with Crippen LogP contribution in [0.5, 0.6) is 0 Å². The van der Waals surface area contributed by atoms with E-state index in [1.807, 2.05) is 38.1 Å². The average molecular weight is 302 g/mol. The van der Waals surface area contributed by atoms with Crippen LogP contribution in [0.1, 0.15) is 23.9 Å². The summed E-state index contributed by atoms with van der Waals surface area (Å²) >= 11 is 3.39. The molecule has 0 aliphatic carbocycles. The predicted molar refractivity (Wildman–Crippen MR) is 74.0 cm³/mol. The van der Waals surface area contributed by atoms with Gasteiger partial charge in [0.2, 0.25) is 0 Å². The first kappa shape index (κ1) is 12.7. The Morgan fingerprint density at radius 3 is 2.44 bits per heavy atom. The van der Waals surface area contributed by atoms with Crippen LogP contribution in [0.25, 0.3) is 11.4 Å². The molecule has 1 aromatic carbocycles. The van der Waals surface area contributed by atoms with Crippen molar-refractivity contribution in [3.63, 3.8) is 0 Å². The highest BCUT2D eigenvalue weighted by molar-refractivity contribution is 9.10. The van der Waals surface area contributed by atoms with Crippen molar-refractivity contribution in [2.24, 2.45) is 0 Å². The summed E-state index contributed by atoms with van der Waals surface area (Å²) in [6.07, 6.45) is 0.773. The van der Waals surface area contributed by atoms with Crippen LogP contribution in [-0.2, 0) is 6.42 Å². The van der Waals surface area contributed by atoms with Gasteiger partial charge in [0.05, 0.1) is 0 Å². The monoisotopic (exact) mass is 301 g/mol. The summed E-state index contributed by atoms with van der Waals surface area (Å²) in [6.45, 7) is 3.93. The van der Waals surface area contributed by atoms with Crippen LogP contribution in [0.15, 0.2) is 28.7 Å². The molecule has 1 aromatic heterocycles. The summed E-state index contributed by atoms with van der Waals surface area (Å²) in [5.41, 5.74) is 3.20. The van der Waals surface area contributed by atoms with Crippen LogP contribution in [0.3, 0.4) is 0 Å². The van der Waals surface area contributed by atoms with E-state index in [1.54, 1.807) is 0 Å². The van der Waals surface area contributed by atoms with Gasteiger partial charge in [0.1, 0.15) is 11.8 Å². The van der Waals surface area contributed by atoms with E-state index in [4.69, 9.17) is 5.26 Å². The lowest BCUT2D eigenvalue weighted by Crippen LogP contribution is -2.02. The molecule has 2 aromatic rings. The lowest BCUT2D eigenvalue weighted by Gasteiger charge is -2.07. The van der Waals surface area contributed by atoms with Gasteiger partial charge in [-0.25, -0.2) is 9.97 Å². The summed E-state index contributed by atoms with van der Waals surface area (Å²) in [5.74, 6) is 0.605. The minimum Gasteiger partial charge on any atom is -0.233 e. The van der Waals surface area contributed by atoms with E-state index in [2.05, 4.69) is 32.0 Å². The first-order chi connectivity index (χ1) is 8.65. The van der Waals surface area contributed by atoms with Gasteiger partial charge in [0, 0.05) is 21.3 Å². The largest absolute Gasteiger partial charge is 0.233 e. The molecule has 18 heavy (non-hydrogen) atoms. The van der Waals surface area contributed by atoms with Crippen molar-refractivity contribution in [2.45, 2.75) is 20.3 Å². The lowest BCUT2D eigenvalue weighted by molar-refractivity contribution is 0.985. The lowest BCUT2D eigenvalue weighted by atomic mass is 10.1. The van der Waals surface area contributed by atoms with Gasteiger partial charge >= 0.3 is 0 Å². The summed E-state index contributed by atoms with van der Waals surface area (Å²) in [5, 5.41) is 9.14. The molecular formula is C14H12BrN3. The number of hydrogen-bond acceptors (Lipinski definition) is 3. The molecule has 1 heterocycles. The summed E-state index contributed by atoms with van der Waals surface area (Å²) in [6, 6.07) is 9.90. The minimum absolute atomic E-state index is 0.475. The van der Waals surface area contributed by atoms with E-state index < -0.39 is 0 Å². The number of halogens is 1. The van der Waals surface area contributed by atoms with Gasteiger partial charge in [-0.3, -0.25) is 0 Å². The third-order valence-corrected chi connectivity index (χ3v) is 3.30. The van der Waals surface area contributed by atoms with E-state index in [-0.39, 0.29) is 0 Å². The third kappa shape index (κ3) is 2.41. The fourth-order valence-electron chi connectivity index (χ4n) is 1.84. The maximum atomic E-state index is 9.14. The highest BCUT2D eigenvalue weighted by Gasteiger charge is 2.10. The number of nitrogens with zero attached hydrogens (tertiary/aromatic N) is 3. The Morgan fingerprint density at radius 2 is 1.89 bits per heavy atom. The molecule has 0 bridgehead atoms. The molecule has 4 heteroatoms. The second-order valence-corrected chi connectivity index (χ2v) is 4.85. The van der Waals surface area contributed by atoms with E-state index in [9.17, 15) is 0 Å². The Kier molecular flexibility index (Phi) is 3.73. The third-order valence-electron chi connectivity index (χ3n) is 2.78. The molecule has 0 saturated heterocycles. The standard InChI is InChI=1S/C14H12BrN3/c1-3-12-9(2)17-14(18-13(12)8-16)10-4-6-11(15)7-5-10/h4-7H,3H2,1-2H3. The Bertz CT molecular complexity index is 612. The highest BCUT2D eigenvalue weighted by Crippen LogP contribution is 2.21. The van der Waals surface area contributed by atoms with Crippen molar-refractivity contribution in [1.82, 2.24) is 9.97 Å². The van der Waals surface area contributed by atoms with Gasteiger partial charge in [-0.2, -0.15) is 5.26 Å². The second kappa shape index (κ2) is 5.28. The molecule has 0 fully saturated rings. The van der Waals surface area contributed by atoms with Gasteiger partial charge in [-0.1, -0.05) is 35.0 Å². The Labute approximate surface area is 115 Å². The second-order valence-electron chi connectivity index (χ2n) is 3.93. The Morgan fingerprint density at radius 1 is 1.22 bits per heavy atom. The highest BCUT2D eigenvalue weighted by atomic mass is 79.9. The normalized spacial score (nSPS) is 10.1. The van der Waals surface area contributed by atoms with Crippen molar-refractivity contribution in [1.29, 1.82) is 5.26 Å². The van der Waals surface area contributed by atoms with Gasteiger partial charge in [0.25, 0.3) is 0 Å². The van der Waals surface area contributed by atoms with E-state index >= 15 is 0 Å². The molecular weight excluding hydrogens is 290 g/mol.